The Morgan fingerprint density at radius 3 is 2.72 bits per heavy atom. The van der Waals surface area contributed by atoms with Crippen molar-refractivity contribution in [3.63, 3.8) is 0 Å². The highest BCUT2D eigenvalue weighted by Crippen LogP contribution is 2.49. The zero-order chi connectivity index (χ0) is 18.1. The first-order chi connectivity index (χ1) is 11.6. The molecule has 3 fully saturated rings. The van der Waals surface area contributed by atoms with E-state index in [2.05, 4.69) is 0 Å². The average molecular weight is 373 g/mol. The summed E-state index contributed by atoms with van der Waals surface area (Å²) in [5.41, 5.74) is 4.17. The smallest absolute Gasteiger partial charge is 0.371 e. The van der Waals surface area contributed by atoms with Crippen LogP contribution >= 0.6 is 0 Å². The molecule has 0 unspecified atom stereocenters. The molecule has 0 amide bonds. The maximum Gasteiger partial charge on any atom is 0.417 e. The second-order valence-electron chi connectivity index (χ2n) is 6.58. The molecule has 3 aliphatic rings. The van der Waals surface area contributed by atoms with Crippen LogP contribution in [0, 0.1) is 17.2 Å². The van der Waals surface area contributed by atoms with Crippen molar-refractivity contribution < 1.29 is 26.3 Å². The number of anilines is 1. The number of nitriles is 1. The van der Waals surface area contributed by atoms with Gasteiger partial charge in [0, 0.05) is 18.5 Å². The Hall–Kier alpha value is -1.83. The number of alkyl halides is 3. The molecule has 5 atom stereocenters. The first-order valence-corrected chi connectivity index (χ1v) is 9.19. The minimum atomic E-state index is -4.75. The van der Waals surface area contributed by atoms with Crippen LogP contribution in [0.4, 0.5) is 18.9 Å². The molecular formula is C15H14F3N3O3S. The summed E-state index contributed by atoms with van der Waals surface area (Å²) in [5, 5.41) is 8.09. The van der Waals surface area contributed by atoms with Crippen molar-refractivity contribution in [1.82, 2.24) is 0 Å². The van der Waals surface area contributed by atoms with Gasteiger partial charge < -0.3 is 10.5 Å². The van der Waals surface area contributed by atoms with Crippen molar-refractivity contribution in [2.75, 3.05) is 10.8 Å². The molecule has 2 N–H and O–H groups in total. The lowest BCUT2D eigenvalue weighted by molar-refractivity contribution is -0.137. The molecule has 0 spiro atoms. The fourth-order valence-electron chi connectivity index (χ4n) is 4.19. The van der Waals surface area contributed by atoms with E-state index < -0.39 is 44.8 Å². The first kappa shape index (κ1) is 16.6. The van der Waals surface area contributed by atoms with Gasteiger partial charge >= 0.3 is 6.18 Å². The number of rotatable bonds is 1. The molecule has 1 aromatic rings. The van der Waals surface area contributed by atoms with Crippen molar-refractivity contribution in [2.45, 2.75) is 36.1 Å². The predicted octanol–water partition coefficient (Wildman–Crippen LogP) is 1.21. The van der Waals surface area contributed by atoms with Crippen molar-refractivity contribution in [3.8, 4) is 6.07 Å². The van der Waals surface area contributed by atoms with E-state index in [0.29, 0.717) is 6.42 Å². The van der Waals surface area contributed by atoms with Gasteiger partial charge in [-0.2, -0.15) is 18.4 Å². The van der Waals surface area contributed by atoms with Gasteiger partial charge in [-0.05, 0) is 24.6 Å². The minimum Gasteiger partial charge on any atom is -0.371 e. The van der Waals surface area contributed by atoms with Gasteiger partial charge in [0.25, 0.3) is 0 Å². The second kappa shape index (κ2) is 5.09. The molecule has 3 heterocycles. The van der Waals surface area contributed by atoms with Gasteiger partial charge in [-0.3, -0.25) is 4.31 Å². The SMILES string of the molecule is N#Cc1ccc(N2C[C@H]3[C@@H]4O[C@H](C[C@H]4N)[C@H]3S2(=O)=O)cc1C(F)(F)F. The van der Waals surface area contributed by atoms with Gasteiger partial charge in [0.1, 0.15) is 5.25 Å². The summed E-state index contributed by atoms with van der Waals surface area (Å²) >= 11 is 0. The van der Waals surface area contributed by atoms with E-state index in [0.717, 1.165) is 16.4 Å². The normalized spacial score (nSPS) is 35.6. The Bertz CT molecular complexity index is 880. The van der Waals surface area contributed by atoms with E-state index in [1.807, 2.05) is 0 Å². The number of fused-ring (bicyclic) bond motifs is 5. The number of ether oxygens (including phenoxy) is 1. The van der Waals surface area contributed by atoms with E-state index in [1.54, 1.807) is 0 Å². The predicted molar refractivity (Wildman–Crippen MR) is 81.0 cm³/mol. The van der Waals surface area contributed by atoms with Crippen molar-refractivity contribution >= 4 is 15.7 Å². The third kappa shape index (κ3) is 2.26. The zero-order valence-electron chi connectivity index (χ0n) is 12.8. The monoisotopic (exact) mass is 373 g/mol. The number of hydrogen-bond donors (Lipinski definition) is 1. The first-order valence-electron chi connectivity index (χ1n) is 7.68. The number of nitrogens with zero attached hydrogens (tertiary/aromatic N) is 2. The highest BCUT2D eigenvalue weighted by Gasteiger charge is 2.63. The van der Waals surface area contributed by atoms with Crippen molar-refractivity contribution in [1.29, 1.82) is 5.26 Å². The lowest BCUT2D eigenvalue weighted by Crippen LogP contribution is -2.44. The molecule has 2 bridgehead atoms. The van der Waals surface area contributed by atoms with E-state index in [-0.39, 0.29) is 24.2 Å². The highest BCUT2D eigenvalue weighted by molar-refractivity contribution is 7.93. The summed E-state index contributed by atoms with van der Waals surface area (Å²) in [5.74, 6) is -0.358. The third-order valence-corrected chi connectivity index (χ3v) is 7.53. The van der Waals surface area contributed by atoms with Gasteiger partial charge in [-0.25, -0.2) is 8.42 Å². The fraction of sp³-hybridized carbons (Fsp3) is 0.533. The Kier molecular flexibility index (Phi) is 3.39. The van der Waals surface area contributed by atoms with Crippen molar-refractivity contribution in [2.24, 2.45) is 11.7 Å². The number of halogens is 3. The molecule has 1 aromatic carbocycles. The van der Waals surface area contributed by atoms with Crippen LogP contribution in [0.3, 0.4) is 0 Å². The highest BCUT2D eigenvalue weighted by atomic mass is 32.2. The second-order valence-corrected chi connectivity index (χ2v) is 8.60. The molecule has 0 saturated carbocycles. The third-order valence-electron chi connectivity index (χ3n) is 5.21. The summed E-state index contributed by atoms with van der Waals surface area (Å²) in [6.45, 7) is 0.0328. The largest absolute Gasteiger partial charge is 0.417 e. The standard InChI is InChI=1S/C15H14F3N3O3S/c16-15(17,18)10-3-8(2-1-7(10)5-19)21-6-9-13-11(20)4-12(24-13)14(9)25(21,22)23/h1-3,9,11-14H,4,6,20H2/t9-,11+,12+,13-,14-/m0/s1. The van der Waals surface area contributed by atoms with E-state index in [1.165, 1.54) is 12.1 Å². The zero-order valence-corrected chi connectivity index (χ0v) is 13.6. The van der Waals surface area contributed by atoms with Crippen LogP contribution in [0.5, 0.6) is 0 Å². The lowest BCUT2D eigenvalue weighted by atomic mass is 9.85. The van der Waals surface area contributed by atoms with Gasteiger partial charge in [-0.1, -0.05) is 0 Å². The van der Waals surface area contributed by atoms with Crippen LogP contribution in [0.15, 0.2) is 18.2 Å². The van der Waals surface area contributed by atoms with Crippen LogP contribution in [0.25, 0.3) is 0 Å². The van der Waals surface area contributed by atoms with E-state index in [9.17, 15) is 21.6 Å². The van der Waals surface area contributed by atoms with Gasteiger partial charge in [-0.15, -0.1) is 0 Å². The maximum atomic E-state index is 13.2. The Balaban J connectivity index is 1.76. The fourth-order valence-corrected chi connectivity index (χ4v) is 6.51. The average Bonchev–Trinajstić information content (AvgIpc) is 3.15. The van der Waals surface area contributed by atoms with Crippen LogP contribution in [0.2, 0.25) is 0 Å². The molecule has 25 heavy (non-hydrogen) atoms. The summed E-state index contributed by atoms with van der Waals surface area (Å²) in [7, 11) is -3.85. The summed E-state index contributed by atoms with van der Waals surface area (Å²) in [6, 6.07) is 4.18. The Morgan fingerprint density at radius 1 is 1.36 bits per heavy atom. The van der Waals surface area contributed by atoms with E-state index >= 15 is 0 Å². The number of hydrogen-bond acceptors (Lipinski definition) is 5. The molecule has 0 radical (unpaired) electrons. The summed E-state index contributed by atoms with van der Waals surface area (Å²) < 4.78 is 71.8. The molecular weight excluding hydrogens is 359 g/mol. The number of nitrogens with two attached hydrogens (primary N) is 1. The molecule has 6 nitrogen and oxygen atoms in total. The summed E-state index contributed by atoms with van der Waals surface area (Å²) in [4.78, 5) is 0. The number of benzene rings is 1. The molecule has 0 aliphatic carbocycles. The maximum absolute atomic E-state index is 13.2. The minimum absolute atomic E-state index is 0.0328. The van der Waals surface area contributed by atoms with Crippen LogP contribution in [-0.2, 0) is 20.9 Å². The van der Waals surface area contributed by atoms with Gasteiger partial charge in [0.15, 0.2) is 0 Å². The molecule has 3 saturated heterocycles. The molecule has 3 aliphatic heterocycles. The molecule has 4 rings (SSSR count). The Labute approximate surface area is 142 Å². The number of sulfonamides is 1. The van der Waals surface area contributed by atoms with Gasteiger partial charge in [0.05, 0.1) is 35.1 Å². The van der Waals surface area contributed by atoms with Gasteiger partial charge in [0.2, 0.25) is 10.0 Å². The van der Waals surface area contributed by atoms with Crippen LogP contribution in [-0.4, -0.2) is 38.5 Å². The summed E-state index contributed by atoms with van der Waals surface area (Å²) in [6.07, 6.45) is -5.22. The van der Waals surface area contributed by atoms with Crippen LogP contribution < -0.4 is 10.0 Å². The molecule has 0 aromatic heterocycles. The quantitative estimate of drug-likeness (QED) is 0.798. The molecule has 10 heteroatoms. The Morgan fingerprint density at radius 2 is 2.08 bits per heavy atom. The lowest BCUT2D eigenvalue weighted by Gasteiger charge is -2.22. The van der Waals surface area contributed by atoms with Crippen LogP contribution in [0.1, 0.15) is 17.5 Å². The topological polar surface area (TPSA) is 96.4 Å². The van der Waals surface area contributed by atoms with Crippen molar-refractivity contribution in [3.05, 3.63) is 29.3 Å². The molecule has 134 valence electrons. The van der Waals surface area contributed by atoms with E-state index in [4.69, 9.17) is 15.7 Å².